The summed E-state index contributed by atoms with van der Waals surface area (Å²) in [5.41, 5.74) is 0.738. The van der Waals surface area contributed by atoms with E-state index in [-0.39, 0.29) is 22.3 Å². The second-order valence-electron chi connectivity index (χ2n) is 4.94. The molecule has 0 aliphatic carbocycles. The molecule has 1 unspecified atom stereocenters. The van der Waals surface area contributed by atoms with Crippen molar-refractivity contribution in [2.75, 3.05) is 12.8 Å². The minimum Gasteiger partial charge on any atom is -0.508 e. The molecule has 1 aromatic rings. The Labute approximate surface area is 120 Å². The van der Waals surface area contributed by atoms with Gasteiger partial charge in [-0.05, 0) is 44.2 Å². The lowest BCUT2D eigenvalue weighted by Gasteiger charge is -2.31. The second-order valence-corrected chi connectivity index (χ2v) is 6.21. The number of nitrogens with one attached hydrogen (secondary N) is 1. The van der Waals surface area contributed by atoms with Crippen LogP contribution < -0.4 is 5.32 Å². The van der Waals surface area contributed by atoms with Gasteiger partial charge in [0, 0.05) is 22.9 Å². The van der Waals surface area contributed by atoms with Crippen LogP contribution in [0.2, 0.25) is 0 Å². The third-order valence-corrected chi connectivity index (χ3v) is 5.52. The van der Waals surface area contributed by atoms with E-state index in [1.165, 1.54) is 12.1 Å². The summed E-state index contributed by atoms with van der Waals surface area (Å²) in [4.78, 5) is 0. The van der Waals surface area contributed by atoms with Gasteiger partial charge in [0.1, 0.15) is 11.5 Å². The molecular weight excluding hydrogens is 258 g/mol. The summed E-state index contributed by atoms with van der Waals surface area (Å²) in [6.07, 6.45) is 4.36. The zero-order valence-corrected chi connectivity index (χ0v) is 13.0. The predicted molar refractivity (Wildman–Crippen MR) is 83.0 cm³/mol. The van der Waals surface area contributed by atoms with Gasteiger partial charge in [0.2, 0.25) is 0 Å². The first-order valence-electron chi connectivity index (χ1n) is 6.78. The molecule has 1 aromatic carbocycles. The van der Waals surface area contributed by atoms with E-state index in [2.05, 4.69) is 25.4 Å². The van der Waals surface area contributed by atoms with E-state index >= 15 is 0 Å². The van der Waals surface area contributed by atoms with E-state index in [0.717, 1.165) is 24.9 Å². The number of rotatable bonds is 7. The molecule has 1 rings (SSSR count). The largest absolute Gasteiger partial charge is 0.508 e. The van der Waals surface area contributed by atoms with Gasteiger partial charge in [-0.2, -0.15) is 11.8 Å². The highest BCUT2D eigenvalue weighted by atomic mass is 32.2. The molecule has 0 radical (unpaired) electrons. The first-order valence-corrected chi connectivity index (χ1v) is 8.01. The van der Waals surface area contributed by atoms with Crippen LogP contribution in [0.3, 0.4) is 0 Å². The number of benzene rings is 1. The lowest BCUT2D eigenvalue weighted by molar-refractivity contribution is 0.425. The topological polar surface area (TPSA) is 52.5 Å². The molecule has 0 saturated carbocycles. The molecule has 0 amide bonds. The number of hydrogen-bond acceptors (Lipinski definition) is 4. The Balaban J connectivity index is 2.74. The molecule has 108 valence electrons. The number of phenols is 2. The molecule has 0 heterocycles. The predicted octanol–water partition coefficient (Wildman–Crippen LogP) is 3.67. The van der Waals surface area contributed by atoms with E-state index in [0.29, 0.717) is 0 Å². The average molecular weight is 283 g/mol. The maximum absolute atomic E-state index is 9.85. The summed E-state index contributed by atoms with van der Waals surface area (Å²) in [6.45, 7) is 7.30. The molecular formula is C15H25NO2S. The van der Waals surface area contributed by atoms with Gasteiger partial charge in [-0.25, -0.2) is 0 Å². The molecule has 0 aliphatic rings. The smallest absolute Gasteiger partial charge is 0.120 e. The van der Waals surface area contributed by atoms with Crippen molar-refractivity contribution in [3.63, 3.8) is 0 Å². The summed E-state index contributed by atoms with van der Waals surface area (Å²) in [7, 11) is 0. The van der Waals surface area contributed by atoms with Crippen molar-refractivity contribution < 1.29 is 10.2 Å². The minimum atomic E-state index is 0.0109. The SMILES string of the molecule is CCC(CC)(CNC(C)c1cc(O)ccc1O)SC. The summed E-state index contributed by atoms with van der Waals surface area (Å²) in [6, 6.07) is 4.66. The highest BCUT2D eigenvalue weighted by Crippen LogP contribution is 2.32. The van der Waals surface area contributed by atoms with Gasteiger partial charge in [0.15, 0.2) is 0 Å². The average Bonchev–Trinajstić information content (AvgIpc) is 2.43. The number of phenolic OH excluding ortho intramolecular Hbond substituents is 2. The van der Waals surface area contributed by atoms with Crippen LogP contribution in [0.5, 0.6) is 11.5 Å². The molecule has 0 saturated heterocycles. The van der Waals surface area contributed by atoms with E-state index in [4.69, 9.17) is 0 Å². The Morgan fingerprint density at radius 2 is 1.89 bits per heavy atom. The van der Waals surface area contributed by atoms with E-state index in [1.807, 2.05) is 18.7 Å². The lowest BCUT2D eigenvalue weighted by atomic mass is 10.0. The molecule has 0 fully saturated rings. The van der Waals surface area contributed by atoms with Crippen molar-refractivity contribution in [3.05, 3.63) is 23.8 Å². The van der Waals surface area contributed by atoms with Crippen LogP contribution >= 0.6 is 11.8 Å². The highest BCUT2D eigenvalue weighted by Gasteiger charge is 2.25. The van der Waals surface area contributed by atoms with Gasteiger partial charge in [-0.1, -0.05) is 13.8 Å². The Morgan fingerprint density at radius 1 is 1.26 bits per heavy atom. The van der Waals surface area contributed by atoms with Gasteiger partial charge >= 0.3 is 0 Å². The highest BCUT2D eigenvalue weighted by molar-refractivity contribution is 8.00. The van der Waals surface area contributed by atoms with Crippen LogP contribution in [0.4, 0.5) is 0 Å². The van der Waals surface area contributed by atoms with E-state index < -0.39 is 0 Å². The summed E-state index contributed by atoms with van der Waals surface area (Å²) in [5, 5.41) is 22.8. The minimum absolute atomic E-state index is 0.0109. The van der Waals surface area contributed by atoms with Crippen LogP contribution in [-0.2, 0) is 0 Å². The number of thioether (sulfide) groups is 1. The quantitative estimate of drug-likeness (QED) is 0.668. The molecule has 3 N–H and O–H groups in total. The van der Waals surface area contributed by atoms with Crippen molar-refractivity contribution in [3.8, 4) is 11.5 Å². The zero-order chi connectivity index (χ0) is 14.5. The maximum Gasteiger partial charge on any atom is 0.120 e. The van der Waals surface area contributed by atoms with Crippen molar-refractivity contribution in [2.45, 2.75) is 44.4 Å². The molecule has 4 heteroatoms. The van der Waals surface area contributed by atoms with Crippen molar-refractivity contribution in [1.29, 1.82) is 0 Å². The standard InChI is InChI=1S/C15H25NO2S/c1-5-15(6-2,19-4)10-16-11(3)13-9-12(17)7-8-14(13)18/h7-9,11,16-18H,5-6,10H2,1-4H3. The maximum atomic E-state index is 9.85. The van der Waals surface area contributed by atoms with Crippen LogP contribution in [0.1, 0.15) is 45.2 Å². The molecule has 0 aromatic heterocycles. The fourth-order valence-electron chi connectivity index (χ4n) is 2.20. The normalized spacial score (nSPS) is 13.5. The Morgan fingerprint density at radius 3 is 2.42 bits per heavy atom. The van der Waals surface area contributed by atoms with Gasteiger partial charge in [0.25, 0.3) is 0 Å². The summed E-state index contributed by atoms with van der Waals surface area (Å²) >= 11 is 1.89. The van der Waals surface area contributed by atoms with Gasteiger partial charge in [0.05, 0.1) is 0 Å². The fraction of sp³-hybridized carbons (Fsp3) is 0.600. The zero-order valence-electron chi connectivity index (χ0n) is 12.2. The summed E-state index contributed by atoms with van der Waals surface area (Å²) in [5.74, 6) is 0.407. The molecule has 19 heavy (non-hydrogen) atoms. The van der Waals surface area contributed by atoms with Crippen molar-refractivity contribution >= 4 is 11.8 Å². The van der Waals surface area contributed by atoms with E-state index in [1.54, 1.807) is 6.07 Å². The summed E-state index contributed by atoms with van der Waals surface area (Å²) < 4.78 is 0.237. The molecule has 1 atom stereocenters. The van der Waals surface area contributed by atoms with Crippen LogP contribution in [-0.4, -0.2) is 27.8 Å². The van der Waals surface area contributed by atoms with Crippen molar-refractivity contribution in [1.82, 2.24) is 5.32 Å². The first kappa shape index (κ1) is 16.2. The second kappa shape index (κ2) is 7.06. The Bertz CT molecular complexity index is 397. The third-order valence-electron chi connectivity index (χ3n) is 3.93. The lowest BCUT2D eigenvalue weighted by Crippen LogP contribution is -2.37. The molecule has 3 nitrogen and oxygen atoms in total. The fourth-order valence-corrected chi connectivity index (χ4v) is 3.00. The van der Waals surface area contributed by atoms with Gasteiger partial charge in [-0.3, -0.25) is 0 Å². The van der Waals surface area contributed by atoms with Gasteiger partial charge < -0.3 is 15.5 Å². The number of hydrogen-bond donors (Lipinski definition) is 3. The first-order chi connectivity index (χ1) is 8.98. The number of aromatic hydroxyl groups is 2. The van der Waals surface area contributed by atoms with Crippen LogP contribution in [0.25, 0.3) is 0 Å². The monoisotopic (exact) mass is 283 g/mol. The Hall–Kier alpha value is -0.870. The molecule has 0 aliphatic heterocycles. The van der Waals surface area contributed by atoms with Crippen molar-refractivity contribution in [2.24, 2.45) is 0 Å². The third kappa shape index (κ3) is 4.05. The van der Waals surface area contributed by atoms with Gasteiger partial charge in [-0.15, -0.1) is 0 Å². The van der Waals surface area contributed by atoms with Crippen LogP contribution in [0, 0.1) is 0 Å². The molecule has 0 spiro atoms. The Kier molecular flexibility index (Phi) is 6.01. The van der Waals surface area contributed by atoms with E-state index in [9.17, 15) is 10.2 Å². The molecule has 0 bridgehead atoms. The van der Waals surface area contributed by atoms with Crippen LogP contribution in [0.15, 0.2) is 18.2 Å².